The monoisotopic (exact) mass is 488 g/mol. The lowest BCUT2D eigenvalue weighted by Gasteiger charge is -2.01. The summed E-state index contributed by atoms with van der Waals surface area (Å²) in [6, 6.07) is 22.0. The molecular weight excluding hydrogens is 471 g/mol. The van der Waals surface area contributed by atoms with Gasteiger partial charge in [-0.15, -0.1) is 0 Å². The van der Waals surface area contributed by atoms with Crippen LogP contribution in [0.1, 0.15) is 11.3 Å². The molecule has 5 aromatic rings. The Morgan fingerprint density at radius 2 is 1.74 bits per heavy atom. The number of nitrogens with zero attached hydrogens (tertiary/aromatic N) is 1. The van der Waals surface area contributed by atoms with Gasteiger partial charge in [0.05, 0.1) is 0 Å². The maximum atomic E-state index is 12.4. The third kappa shape index (κ3) is 4.76. The highest BCUT2D eigenvalue weighted by atomic mass is 35.5. The second-order valence-corrected chi connectivity index (χ2v) is 8.57. The summed E-state index contributed by atoms with van der Waals surface area (Å²) in [5.74, 6) is 1.37. The number of nitrogens with one attached hydrogen (secondary N) is 1. The van der Waals surface area contributed by atoms with Crippen LogP contribution >= 0.6 is 23.2 Å². The van der Waals surface area contributed by atoms with Crippen molar-refractivity contribution in [2.24, 2.45) is 0 Å². The van der Waals surface area contributed by atoms with Gasteiger partial charge in [-0.2, -0.15) is 0 Å². The largest absolute Gasteiger partial charge is 0.457 e. The molecule has 2 aromatic heterocycles. The van der Waals surface area contributed by atoms with E-state index in [4.69, 9.17) is 32.0 Å². The van der Waals surface area contributed by atoms with Gasteiger partial charge < -0.3 is 14.2 Å². The number of aromatic nitrogens is 1. The van der Waals surface area contributed by atoms with Crippen LogP contribution in [0.3, 0.4) is 0 Å². The molecule has 0 unspecified atom stereocenters. The van der Waals surface area contributed by atoms with Gasteiger partial charge in [0, 0.05) is 32.9 Å². The number of hydrogen-bond acceptors (Lipinski definition) is 4. The summed E-state index contributed by atoms with van der Waals surface area (Å²) >= 11 is 12.1. The summed E-state index contributed by atoms with van der Waals surface area (Å²) in [6.45, 7) is 2.01. The van der Waals surface area contributed by atoms with Gasteiger partial charge in [-0.1, -0.05) is 41.4 Å². The van der Waals surface area contributed by atoms with E-state index in [1.54, 1.807) is 54.6 Å². The Morgan fingerprint density at radius 1 is 0.941 bits per heavy atom. The maximum Gasteiger partial charge on any atom is 0.248 e. The second-order valence-electron chi connectivity index (χ2n) is 7.70. The topological polar surface area (TPSA) is 68.3 Å². The van der Waals surface area contributed by atoms with Crippen LogP contribution < -0.4 is 5.32 Å². The average molecular weight is 489 g/mol. The van der Waals surface area contributed by atoms with Crippen molar-refractivity contribution in [2.45, 2.75) is 6.92 Å². The molecule has 168 valence electrons. The zero-order chi connectivity index (χ0) is 23.7. The number of benzene rings is 3. The van der Waals surface area contributed by atoms with Gasteiger partial charge in [-0.3, -0.25) is 4.79 Å². The van der Waals surface area contributed by atoms with Gasteiger partial charge in [0.15, 0.2) is 5.58 Å². The van der Waals surface area contributed by atoms with Crippen molar-refractivity contribution in [3.8, 4) is 22.8 Å². The lowest BCUT2D eigenvalue weighted by Crippen LogP contribution is -2.07. The molecule has 0 aliphatic rings. The highest BCUT2D eigenvalue weighted by Crippen LogP contribution is 2.30. The minimum atomic E-state index is -0.300. The molecule has 0 spiro atoms. The first kappa shape index (κ1) is 22.0. The van der Waals surface area contributed by atoms with E-state index in [9.17, 15) is 4.79 Å². The number of aryl methyl sites for hydroxylation is 1. The Hall–Kier alpha value is -3.80. The zero-order valence-electron chi connectivity index (χ0n) is 18.0. The van der Waals surface area contributed by atoms with Crippen molar-refractivity contribution < 1.29 is 13.6 Å². The first-order valence-corrected chi connectivity index (χ1v) is 11.2. The summed E-state index contributed by atoms with van der Waals surface area (Å²) in [5, 5.41) is 3.87. The molecule has 0 radical (unpaired) electrons. The lowest BCUT2D eigenvalue weighted by atomic mass is 10.1. The molecule has 0 aliphatic heterocycles. The Labute approximate surface area is 205 Å². The zero-order valence-corrected chi connectivity index (χ0v) is 19.5. The molecule has 1 N–H and O–H groups in total. The molecule has 0 saturated heterocycles. The number of rotatable bonds is 5. The third-order valence-electron chi connectivity index (χ3n) is 5.20. The molecule has 3 aromatic carbocycles. The lowest BCUT2D eigenvalue weighted by molar-refractivity contribution is -0.111. The summed E-state index contributed by atoms with van der Waals surface area (Å²) in [6.07, 6.45) is 3.00. The minimum absolute atomic E-state index is 0.300. The Balaban J connectivity index is 1.29. The van der Waals surface area contributed by atoms with Crippen molar-refractivity contribution in [3.05, 3.63) is 100 Å². The number of furan rings is 1. The molecule has 7 heteroatoms. The fourth-order valence-corrected chi connectivity index (χ4v) is 4.09. The summed E-state index contributed by atoms with van der Waals surface area (Å²) < 4.78 is 11.7. The highest BCUT2D eigenvalue weighted by molar-refractivity contribution is 6.35. The first-order valence-electron chi connectivity index (χ1n) is 10.5. The SMILES string of the molecule is Cc1ccccc1-c1nc2cc(NC(=O)/C=C/c3ccc(-c4cc(Cl)cc(Cl)c4)o3)ccc2o1. The van der Waals surface area contributed by atoms with Crippen LogP contribution in [-0.2, 0) is 4.79 Å². The average Bonchev–Trinajstić information content (AvgIpc) is 3.44. The van der Waals surface area contributed by atoms with Crippen molar-refractivity contribution in [3.63, 3.8) is 0 Å². The van der Waals surface area contributed by atoms with Gasteiger partial charge in [0.25, 0.3) is 0 Å². The van der Waals surface area contributed by atoms with E-state index < -0.39 is 0 Å². The number of anilines is 1. The summed E-state index contributed by atoms with van der Waals surface area (Å²) in [7, 11) is 0. The number of oxazole rings is 1. The molecule has 2 heterocycles. The predicted octanol–water partition coefficient (Wildman–Crippen LogP) is 8.02. The van der Waals surface area contributed by atoms with Gasteiger partial charge in [-0.05, 0) is 73.2 Å². The van der Waals surface area contributed by atoms with Crippen LogP contribution in [-0.4, -0.2) is 10.9 Å². The van der Waals surface area contributed by atoms with E-state index in [0.717, 1.165) is 16.7 Å². The van der Waals surface area contributed by atoms with E-state index in [0.29, 0.717) is 44.2 Å². The van der Waals surface area contributed by atoms with Crippen LogP contribution in [0, 0.1) is 6.92 Å². The van der Waals surface area contributed by atoms with Crippen molar-refractivity contribution in [1.82, 2.24) is 4.98 Å². The van der Waals surface area contributed by atoms with Gasteiger partial charge >= 0.3 is 0 Å². The van der Waals surface area contributed by atoms with Crippen LogP contribution in [0.15, 0.2) is 87.7 Å². The Morgan fingerprint density at radius 3 is 2.53 bits per heavy atom. The molecule has 1 amide bonds. The van der Waals surface area contributed by atoms with Gasteiger partial charge in [-0.25, -0.2) is 4.98 Å². The molecule has 0 atom stereocenters. The highest BCUT2D eigenvalue weighted by Gasteiger charge is 2.11. The van der Waals surface area contributed by atoms with E-state index in [2.05, 4.69) is 10.3 Å². The smallest absolute Gasteiger partial charge is 0.248 e. The number of hydrogen-bond donors (Lipinski definition) is 1. The predicted molar refractivity (Wildman–Crippen MR) is 136 cm³/mol. The van der Waals surface area contributed by atoms with Crippen LogP contribution in [0.5, 0.6) is 0 Å². The van der Waals surface area contributed by atoms with E-state index in [1.165, 1.54) is 6.08 Å². The summed E-state index contributed by atoms with van der Waals surface area (Å²) in [5.41, 5.74) is 4.69. The molecule has 0 fully saturated rings. The molecule has 0 bridgehead atoms. The van der Waals surface area contributed by atoms with Gasteiger partial charge in [0.2, 0.25) is 11.8 Å². The molecule has 5 rings (SSSR count). The molecular formula is C27H18Cl2N2O3. The van der Waals surface area contributed by atoms with Crippen LogP contribution in [0.2, 0.25) is 10.0 Å². The van der Waals surface area contributed by atoms with Gasteiger partial charge in [0.1, 0.15) is 17.0 Å². The number of carbonyl (C=O) groups excluding carboxylic acids is 1. The van der Waals surface area contributed by atoms with Crippen molar-refractivity contribution >= 4 is 52.0 Å². The van der Waals surface area contributed by atoms with E-state index >= 15 is 0 Å². The standard InChI is InChI=1S/C27H18Cl2N2O3/c1-16-4-2-3-5-22(16)27-31-23-15-20(6-9-25(23)34-27)30-26(32)11-8-21-7-10-24(33-21)17-12-18(28)14-19(29)13-17/h2-15H,1H3,(H,30,32)/b11-8+. The Bertz CT molecular complexity index is 1530. The molecule has 0 saturated carbocycles. The fraction of sp³-hybridized carbons (Fsp3) is 0.0370. The second kappa shape index (κ2) is 9.21. The summed E-state index contributed by atoms with van der Waals surface area (Å²) in [4.78, 5) is 17.0. The molecule has 0 aliphatic carbocycles. The first-order chi connectivity index (χ1) is 16.4. The number of halogens is 2. The van der Waals surface area contributed by atoms with Crippen LogP contribution in [0.4, 0.5) is 5.69 Å². The van der Waals surface area contributed by atoms with Crippen molar-refractivity contribution in [2.75, 3.05) is 5.32 Å². The quantitative estimate of drug-likeness (QED) is 0.254. The fourth-order valence-electron chi connectivity index (χ4n) is 3.57. The normalized spacial score (nSPS) is 11.4. The van der Waals surface area contributed by atoms with Crippen molar-refractivity contribution in [1.29, 1.82) is 0 Å². The number of carbonyl (C=O) groups is 1. The maximum absolute atomic E-state index is 12.4. The Kier molecular flexibility index (Phi) is 5.97. The minimum Gasteiger partial charge on any atom is -0.457 e. The van der Waals surface area contributed by atoms with Crippen LogP contribution in [0.25, 0.3) is 40.0 Å². The molecule has 34 heavy (non-hydrogen) atoms. The molecule has 5 nitrogen and oxygen atoms in total. The number of amides is 1. The van der Waals surface area contributed by atoms with E-state index in [1.807, 2.05) is 31.2 Å². The third-order valence-corrected chi connectivity index (χ3v) is 5.64. The van der Waals surface area contributed by atoms with E-state index in [-0.39, 0.29) is 5.91 Å². The number of fused-ring (bicyclic) bond motifs is 1.